The zero-order valence-corrected chi connectivity index (χ0v) is 24.6. The van der Waals surface area contributed by atoms with Gasteiger partial charge in [-0.1, -0.05) is 35.9 Å². The van der Waals surface area contributed by atoms with Crippen LogP contribution in [-0.2, 0) is 21.7 Å². The fraction of sp³-hybridized carbons (Fsp3) is 0.353. The SMILES string of the molecule is COc1ccc([C@]2(O)c3c(ccc4c3O[C@@](C)(CCC=C(C)C)C=C4)N(Cc3cccc(C)n3)C(=O)[C@H]2OC)cc1. The number of hydrogen-bond donors (Lipinski definition) is 1. The van der Waals surface area contributed by atoms with E-state index in [9.17, 15) is 9.90 Å². The maximum absolute atomic E-state index is 14.1. The van der Waals surface area contributed by atoms with E-state index in [4.69, 9.17) is 14.2 Å². The van der Waals surface area contributed by atoms with Crippen LogP contribution in [0.15, 0.2) is 72.3 Å². The van der Waals surface area contributed by atoms with Crippen molar-refractivity contribution in [2.24, 2.45) is 0 Å². The summed E-state index contributed by atoms with van der Waals surface area (Å²) >= 11 is 0. The van der Waals surface area contributed by atoms with Gasteiger partial charge in [-0.3, -0.25) is 9.78 Å². The Morgan fingerprint density at radius 3 is 2.54 bits per heavy atom. The van der Waals surface area contributed by atoms with Crippen LogP contribution in [0.2, 0.25) is 0 Å². The Morgan fingerprint density at radius 2 is 1.88 bits per heavy atom. The monoisotopic (exact) mass is 554 g/mol. The van der Waals surface area contributed by atoms with Gasteiger partial charge in [0.1, 0.15) is 17.1 Å². The van der Waals surface area contributed by atoms with Gasteiger partial charge in [0.15, 0.2) is 11.7 Å². The fourth-order valence-electron chi connectivity index (χ4n) is 5.73. The molecule has 1 aromatic heterocycles. The Balaban J connectivity index is 1.71. The third-order valence-corrected chi connectivity index (χ3v) is 7.88. The highest BCUT2D eigenvalue weighted by molar-refractivity contribution is 6.02. The molecule has 7 heteroatoms. The van der Waals surface area contributed by atoms with Crippen LogP contribution < -0.4 is 14.4 Å². The highest BCUT2D eigenvalue weighted by atomic mass is 16.5. The van der Waals surface area contributed by atoms with E-state index in [1.165, 1.54) is 12.7 Å². The summed E-state index contributed by atoms with van der Waals surface area (Å²) in [6, 6.07) is 16.6. The van der Waals surface area contributed by atoms with Crippen molar-refractivity contribution in [2.45, 2.75) is 64.4 Å². The number of rotatable bonds is 8. The molecule has 5 rings (SSSR count). The fourth-order valence-corrected chi connectivity index (χ4v) is 5.73. The molecule has 2 aliphatic heterocycles. The summed E-state index contributed by atoms with van der Waals surface area (Å²) in [7, 11) is 3.04. The van der Waals surface area contributed by atoms with Gasteiger partial charge >= 0.3 is 0 Å². The number of hydrogen-bond acceptors (Lipinski definition) is 6. The Labute approximate surface area is 242 Å². The molecule has 0 spiro atoms. The molecule has 1 amide bonds. The largest absolute Gasteiger partial charge is 0.497 e. The number of pyridine rings is 1. The summed E-state index contributed by atoms with van der Waals surface area (Å²) < 4.78 is 18.0. The third-order valence-electron chi connectivity index (χ3n) is 7.88. The number of carbonyl (C=O) groups is 1. The molecule has 7 nitrogen and oxygen atoms in total. The maximum Gasteiger partial charge on any atom is 0.260 e. The van der Waals surface area contributed by atoms with Crippen molar-refractivity contribution in [3.63, 3.8) is 0 Å². The van der Waals surface area contributed by atoms with Crippen molar-refractivity contribution in [1.29, 1.82) is 0 Å². The van der Waals surface area contributed by atoms with Gasteiger partial charge in [0.2, 0.25) is 0 Å². The first-order chi connectivity index (χ1) is 19.6. The Hall–Kier alpha value is -3.94. The number of nitrogens with zero attached hydrogens (tertiary/aromatic N) is 2. The average Bonchev–Trinajstić information content (AvgIpc) is 2.94. The lowest BCUT2D eigenvalue weighted by molar-refractivity contribution is -0.146. The van der Waals surface area contributed by atoms with E-state index in [-0.39, 0.29) is 12.5 Å². The van der Waals surface area contributed by atoms with Crippen molar-refractivity contribution >= 4 is 17.7 Å². The predicted octanol–water partition coefficient (Wildman–Crippen LogP) is 6.11. The standard InChI is InChI=1S/C34H38N2O5/c1-22(2)9-8-19-33(4)20-18-24-12-17-28-29(30(24)41-33)34(38,25-13-15-27(39-5)16-14-25)31(40-6)32(37)36(28)21-26-11-7-10-23(3)35-26/h7,9-18,20,31,38H,8,19,21H2,1-6H3/t31-,33+,34+/m1/s1. The molecule has 2 aromatic carbocycles. The molecule has 0 bridgehead atoms. The van der Waals surface area contributed by atoms with Gasteiger partial charge in [-0.25, -0.2) is 0 Å². The lowest BCUT2D eigenvalue weighted by Crippen LogP contribution is -2.57. The van der Waals surface area contributed by atoms with Crippen LogP contribution in [0.3, 0.4) is 0 Å². The second-order valence-corrected chi connectivity index (χ2v) is 11.3. The van der Waals surface area contributed by atoms with E-state index in [2.05, 4.69) is 31.0 Å². The number of aromatic nitrogens is 1. The normalized spacial score (nSPS) is 23.0. The van der Waals surface area contributed by atoms with Gasteiger partial charge < -0.3 is 24.2 Å². The molecule has 2 aliphatic rings. The van der Waals surface area contributed by atoms with E-state index in [1.54, 1.807) is 36.3 Å². The van der Waals surface area contributed by atoms with Gasteiger partial charge in [-0.15, -0.1) is 0 Å². The maximum atomic E-state index is 14.1. The van der Waals surface area contributed by atoms with E-state index < -0.39 is 17.3 Å². The Morgan fingerprint density at radius 1 is 1.12 bits per heavy atom. The summed E-state index contributed by atoms with van der Waals surface area (Å²) in [5, 5.41) is 12.7. The summed E-state index contributed by atoms with van der Waals surface area (Å²) in [6.07, 6.45) is 6.68. The highest BCUT2D eigenvalue weighted by Crippen LogP contribution is 2.52. The molecule has 0 unspecified atom stereocenters. The van der Waals surface area contributed by atoms with Gasteiger partial charge in [0.05, 0.1) is 30.6 Å². The minimum Gasteiger partial charge on any atom is -0.497 e. The highest BCUT2D eigenvalue weighted by Gasteiger charge is 2.55. The summed E-state index contributed by atoms with van der Waals surface area (Å²) in [5.74, 6) is 0.820. The van der Waals surface area contributed by atoms with Gasteiger partial charge in [0.25, 0.3) is 5.91 Å². The molecule has 0 saturated heterocycles. The van der Waals surface area contributed by atoms with Crippen molar-refractivity contribution < 1.29 is 24.1 Å². The third kappa shape index (κ3) is 5.27. The van der Waals surface area contributed by atoms with Crippen molar-refractivity contribution in [1.82, 2.24) is 4.98 Å². The molecule has 0 radical (unpaired) electrons. The molecular weight excluding hydrogens is 516 g/mol. The van der Waals surface area contributed by atoms with Crippen LogP contribution in [0.1, 0.15) is 61.7 Å². The van der Waals surface area contributed by atoms with Gasteiger partial charge in [0, 0.05) is 18.4 Å². The van der Waals surface area contributed by atoms with E-state index >= 15 is 0 Å². The van der Waals surface area contributed by atoms with Crippen LogP contribution in [0.5, 0.6) is 11.5 Å². The molecule has 0 aliphatic carbocycles. The first-order valence-corrected chi connectivity index (χ1v) is 13.9. The molecular formula is C34H38N2O5. The molecule has 3 atom stereocenters. The number of anilines is 1. The molecule has 3 aromatic rings. The molecule has 3 heterocycles. The minimum atomic E-state index is -1.83. The zero-order valence-electron chi connectivity index (χ0n) is 24.6. The number of fused-ring (bicyclic) bond motifs is 3. The van der Waals surface area contributed by atoms with Crippen LogP contribution in [0.25, 0.3) is 6.08 Å². The second-order valence-electron chi connectivity index (χ2n) is 11.3. The van der Waals surface area contributed by atoms with Crippen molar-refractivity contribution in [3.05, 3.63) is 100 Å². The number of carbonyl (C=O) groups excluding carboxylic acids is 1. The molecule has 214 valence electrons. The Kier molecular flexibility index (Phi) is 7.77. The van der Waals surface area contributed by atoms with Gasteiger partial charge in [-0.05, 0) is 88.6 Å². The minimum absolute atomic E-state index is 0.221. The topological polar surface area (TPSA) is 81.1 Å². The number of aryl methyl sites for hydroxylation is 1. The van der Waals surface area contributed by atoms with Crippen molar-refractivity contribution in [2.75, 3.05) is 19.1 Å². The lowest BCUT2D eigenvalue weighted by atomic mass is 9.75. The summed E-state index contributed by atoms with van der Waals surface area (Å²) in [6.45, 7) is 8.36. The summed E-state index contributed by atoms with van der Waals surface area (Å²) in [4.78, 5) is 20.4. The molecule has 41 heavy (non-hydrogen) atoms. The smallest absolute Gasteiger partial charge is 0.260 e. The molecule has 0 saturated carbocycles. The predicted molar refractivity (Wildman–Crippen MR) is 160 cm³/mol. The summed E-state index contributed by atoms with van der Waals surface area (Å²) in [5.41, 5.74) is 2.79. The van der Waals surface area contributed by atoms with Crippen LogP contribution in [-0.4, -0.2) is 41.9 Å². The first kappa shape index (κ1) is 28.6. The quantitative estimate of drug-likeness (QED) is 0.339. The molecule has 0 fully saturated rings. The number of ether oxygens (including phenoxy) is 3. The number of benzene rings is 2. The number of methoxy groups -OCH3 is 2. The second kappa shape index (κ2) is 11.1. The Bertz CT molecular complexity index is 1510. The number of allylic oxidation sites excluding steroid dienone is 2. The molecule has 1 N–H and O–H groups in total. The number of aliphatic hydroxyl groups is 1. The van der Waals surface area contributed by atoms with Crippen molar-refractivity contribution in [3.8, 4) is 11.5 Å². The number of amides is 1. The first-order valence-electron chi connectivity index (χ1n) is 13.9. The van der Waals surface area contributed by atoms with Crippen LogP contribution in [0, 0.1) is 6.92 Å². The lowest BCUT2D eigenvalue weighted by Gasteiger charge is -2.46. The van der Waals surface area contributed by atoms with Crippen LogP contribution in [0.4, 0.5) is 5.69 Å². The zero-order chi connectivity index (χ0) is 29.4. The van der Waals surface area contributed by atoms with Crippen LogP contribution >= 0.6 is 0 Å². The van der Waals surface area contributed by atoms with E-state index in [0.29, 0.717) is 28.3 Å². The van der Waals surface area contributed by atoms with E-state index in [0.717, 1.165) is 29.8 Å². The van der Waals surface area contributed by atoms with E-state index in [1.807, 2.05) is 50.3 Å². The average molecular weight is 555 g/mol. The van der Waals surface area contributed by atoms with Gasteiger partial charge in [-0.2, -0.15) is 0 Å².